The number of carbonyl (C=O) groups is 1. The van der Waals surface area contributed by atoms with Crippen molar-refractivity contribution in [2.45, 2.75) is 0 Å². The molecule has 0 aliphatic heterocycles. The van der Waals surface area contributed by atoms with E-state index in [1.807, 2.05) is 5.43 Å². The lowest BCUT2D eigenvalue weighted by atomic mass is 10.3. The molecule has 0 bridgehead atoms. The van der Waals surface area contributed by atoms with Crippen molar-refractivity contribution in [3.63, 3.8) is 0 Å². The quantitative estimate of drug-likeness (QED) is 0.411. The van der Waals surface area contributed by atoms with Gasteiger partial charge in [0.2, 0.25) is 0 Å². The maximum atomic E-state index is 11.2. The van der Waals surface area contributed by atoms with Crippen LogP contribution in [0.1, 0.15) is 10.4 Å². The fourth-order valence-corrected chi connectivity index (χ4v) is 1.35. The number of hydrogen-bond donors (Lipinski definition) is 2. The first-order chi connectivity index (χ1) is 6.72. The molecule has 3 N–H and O–H groups in total. The second kappa shape index (κ2) is 3.28. The molecule has 0 fully saturated rings. The fraction of sp³-hybridized carbons (Fsp3) is 0. The van der Waals surface area contributed by atoms with E-state index in [2.05, 4.69) is 4.98 Å². The number of carbonyl (C=O) groups excluding carboxylic acids is 1. The normalized spacial score (nSPS) is 10.4. The monoisotopic (exact) mass is 210 g/mol. The number of aromatic nitrogens is 2. The predicted octanol–water partition coefficient (Wildman–Crippen LogP) is 0.591. The molecule has 72 valence electrons. The van der Waals surface area contributed by atoms with Gasteiger partial charge in [0, 0.05) is 6.20 Å². The topological polar surface area (TPSA) is 72.4 Å². The molecule has 0 unspecified atom stereocenters. The zero-order chi connectivity index (χ0) is 10.1. The zero-order valence-electron chi connectivity index (χ0n) is 7.07. The zero-order valence-corrected chi connectivity index (χ0v) is 7.82. The molecule has 2 rings (SSSR count). The predicted molar refractivity (Wildman–Crippen MR) is 51.9 cm³/mol. The highest BCUT2D eigenvalue weighted by Crippen LogP contribution is 2.12. The number of amides is 1. The Kier molecular flexibility index (Phi) is 2.11. The summed E-state index contributed by atoms with van der Waals surface area (Å²) in [5, 5.41) is 0.451. The number of nitrogens with two attached hydrogens (primary N) is 1. The van der Waals surface area contributed by atoms with Crippen molar-refractivity contribution >= 4 is 23.2 Å². The maximum absolute atomic E-state index is 11.2. The standard InChI is InChI=1S/C8H7ClN4O/c9-6-3-11-7-2-1-5(4-13(6)7)8(14)12-10/h1-4H,10H2,(H,12,14). The second-order valence-corrected chi connectivity index (χ2v) is 3.09. The van der Waals surface area contributed by atoms with Crippen LogP contribution in [-0.2, 0) is 0 Å². The van der Waals surface area contributed by atoms with Gasteiger partial charge in [0.15, 0.2) is 0 Å². The van der Waals surface area contributed by atoms with Gasteiger partial charge in [-0.25, -0.2) is 10.8 Å². The number of pyridine rings is 1. The summed E-state index contributed by atoms with van der Waals surface area (Å²) < 4.78 is 1.60. The van der Waals surface area contributed by atoms with Gasteiger partial charge in [-0.15, -0.1) is 0 Å². The highest BCUT2D eigenvalue weighted by atomic mass is 35.5. The van der Waals surface area contributed by atoms with Gasteiger partial charge in [-0.2, -0.15) is 0 Å². The van der Waals surface area contributed by atoms with Crippen LogP contribution in [0.5, 0.6) is 0 Å². The molecular formula is C8H7ClN4O. The van der Waals surface area contributed by atoms with Gasteiger partial charge in [0.25, 0.3) is 5.91 Å². The molecule has 0 aliphatic carbocycles. The minimum atomic E-state index is -0.364. The highest BCUT2D eigenvalue weighted by Gasteiger charge is 2.06. The second-order valence-electron chi connectivity index (χ2n) is 2.70. The van der Waals surface area contributed by atoms with Crippen molar-refractivity contribution in [3.8, 4) is 0 Å². The average molecular weight is 211 g/mol. The lowest BCUT2D eigenvalue weighted by molar-refractivity contribution is 0.0953. The number of nitrogens with zero attached hydrogens (tertiary/aromatic N) is 2. The maximum Gasteiger partial charge on any atom is 0.266 e. The van der Waals surface area contributed by atoms with E-state index in [1.54, 1.807) is 22.7 Å². The molecule has 5 nitrogen and oxygen atoms in total. The Balaban J connectivity index is 2.60. The Hall–Kier alpha value is -1.59. The molecule has 0 spiro atoms. The summed E-state index contributed by atoms with van der Waals surface area (Å²) in [6, 6.07) is 3.32. The van der Waals surface area contributed by atoms with Crippen LogP contribution in [0.15, 0.2) is 24.5 Å². The Morgan fingerprint density at radius 2 is 2.36 bits per heavy atom. The molecule has 0 aromatic carbocycles. The smallest absolute Gasteiger partial charge is 0.266 e. The van der Waals surface area contributed by atoms with E-state index in [-0.39, 0.29) is 5.91 Å². The van der Waals surface area contributed by atoms with E-state index in [9.17, 15) is 4.79 Å². The minimum Gasteiger partial charge on any atom is -0.290 e. The summed E-state index contributed by atoms with van der Waals surface area (Å²) in [4.78, 5) is 15.2. The molecule has 0 radical (unpaired) electrons. The third-order valence-electron chi connectivity index (χ3n) is 1.85. The fourth-order valence-electron chi connectivity index (χ4n) is 1.17. The van der Waals surface area contributed by atoms with Gasteiger partial charge in [-0.1, -0.05) is 11.6 Å². The van der Waals surface area contributed by atoms with Crippen LogP contribution in [0.2, 0.25) is 5.15 Å². The van der Waals surface area contributed by atoms with Crippen molar-refractivity contribution in [2.24, 2.45) is 5.84 Å². The first-order valence-electron chi connectivity index (χ1n) is 3.86. The van der Waals surface area contributed by atoms with Crippen LogP contribution >= 0.6 is 11.6 Å². The van der Waals surface area contributed by atoms with Crippen molar-refractivity contribution in [1.82, 2.24) is 14.8 Å². The van der Waals surface area contributed by atoms with Crippen LogP contribution < -0.4 is 11.3 Å². The average Bonchev–Trinajstić information content (AvgIpc) is 2.59. The summed E-state index contributed by atoms with van der Waals surface area (Å²) in [7, 11) is 0. The van der Waals surface area contributed by atoms with Gasteiger partial charge in [-0.3, -0.25) is 14.6 Å². The molecule has 0 atom stereocenters. The SMILES string of the molecule is NNC(=O)c1ccc2ncc(Cl)n2c1. The van der Waals surface area contributed by atoms with Gasteiger partial charge < -0.3 is 0 Å². The summed E-state index contributed by atoms with van der Waals surface area (Å²) in [5.41, 5.74) is 3.16. The molecule has 1 amide bonds. The molecule has 0 aliphatic rings. The van der Waals surface area contributed by atoms with Crippen molar-refractivity contribution in [2.75, 3.05) is 0 Å². The van der Waals surface area contributed by atoms with E-state index >= 15 is 0 Å². The number of fused-ring (bicyclic) bond motifs is 1. The lowest BCUT2D eigenvalue weighted by Gasteiger charge is -2.00. The van der Waals surface area contributed by atoms with Crippen molar-refractivity contribution in [3.05, 3.63) is 35.2 Å². The van der Waals surface area contributed by atoms with E-state index in [0.29, 0.717) is 16.4 Å². The first kappa shape index (κ1) is 8.98. The van der Waals surface area contributed by atoms with Gasteiger partial charge in [0.1, 0.15) is 10.8 Å². The number of imidazole rings is 1. The Labute approximate surface area is 84.5 Å². The van der Waals surface area contributed by atoms with Gasteiger partial charge in [0.05, 0.1) is 11.8 Å². The van der Waals surface area contributed by atoms with E-state index in [0.717, 1.165) is 0 Å². The first-order valence-corrected chi connectivity index (χ1v) is 4.23. The van der Waals surface area contributed by atoms with Crippen LogP contribution in [0.4, 0.5) is 0 Å². The van der Waals surface area contributed by atoms with Crippen LogP contribution in [-0.4, -0.2) is 15.3 Å². The Morgan fingerprint density at radius 3 is 3.07 bits per heavy atom. The van der Waals surface area contributed by atoms with Crippen LogP contribution in [0.3, 0.4) is 0 Å². The molecule has 0 saturated heterocycles. The molecule has 2 heterocycles. The summed E-state index contributed by atoms with van der Waals surface area (Å²) in [5.74, 6) is 4.64. The third kappa shape index (κ3) is 1.32. The van der Waals surface area contributed by atoms with E-state index < -0.39 is 0 Å². The van der Waals surface area contributed by atoms with Gasteiger partial charge in [-0.05, 0) is 12.1 Å². The number of nitrogens with one attached hydrogen (secondary N) is 1. The van der Waals surface area contributed by atoms with Crippen LogP contribution in [0.25, 0.3) is 5.65 Å². The molecule has 0 saturated carbocycles. The summed E-state index contributed by atoms with van der Waals surface area (Å²) in [6.07, 6.45) is 3.09. The largest absolute Gasteiger partial charge is 0.290 e. The van der Waals surface area contributed by atoms with Gasteiger partial charge >= 0.3 is 0 Å². The lowest BCUT2D eigenvalue weighted by Crippen LogP contribution is -2.30. The number of hydrazine groups is 1. The van der Waals surface area contributed by atoms with Crippen molar-refractivity contribution < 1.29 is 4.79 Å². The number of hydrogen-bond acceptors (Lipinski definition) is 3. The van der Waals surface area contributed by atoms with E-state index in [4.69, 9.17) is 17.4 Å². The van der Waals surface area contributed by atoms with Crippen molar-refractivity contribution in [1.29, 1.82) is 0 Å². The highest BCUT2D eigenvalue weighted by molar-refractivity contribution is 6.29. The molecule has 2 aromatic heterocycles. The van der Waals surface area contributed by atoms with E-state index in [1.165, 1.54) is 6.20 Å². The molecule has 6 heteroatoms. The summed E-state index contributed by atoms with van der Waals surface area (Å²) in [6.45, 7) is 0. The third-order valence-corrected chi connectivity index (χ3v) is 2.13. The Bertz CT molecular complexity index is 493. The number of rotatable bonds is 1. The number of nitrogen functional groups attached to an aromatic ring is 1. The summed E-state index contributed by atoms with van der Waals surface area (Å²) >= 11 is 5.83. The molecule has 14 heavy (non-hydrogen) atoms. The number of halogens is 1. The van der Waals surface area contributed by atoms with Crippen LogP contribution in [0, 0.1) is 0 Å². The minimum absolute atomic E-state index is 0.364. The molecule has 2 aromatic rings. The Morgan fingerprint density at radius 1 is 1.57 bits per heavy atom. The molecular weight excluding hydrogens is 204 g/mol.